The summed E-state index contributed by atoms with van der Waals surface area (Å²) >= 11 is 0. The smallest absolute Gasteiger partial charge is 0.326 e. The van der Waals surface area contributed by atoms with Gasteiger partial charge < -0.3 is 20.4 Å². The summed E-state index contributed by atoms with van der Waals surface area (Å²) in [6.07, 6.45) is 1.17. The van der Waals surface area contributed by atoms with Crippen molar-refractivity contribution in [3.05, 3.63) is 29.3 Å². The first-order valence-electron chi connectivity index (χ1n) is 7.50. The number of carboxylic acid groups (broad SMARTS) is 1. The Kier molecular flexibility index (Phi) is 5.20. The summed E-state index contributed by atoms with van der Waals surface area (Å²) in [5.41, 5.74) is 0.982. The molecule has 7 nitrogen and oxygen atoms in total. The number of benzene rings is 1. The number of carbonyl (C=O) groups is 3. The van der Waals surface area contributed by atoms with Gasteiger partial charge in [-0.1, -0.05) is 6.07 Å². The summed E-state index contributed by atoms with van der Waals surface area (Å²) in [6, 6.07) is 3.95. The highest BCUT2D eigenvalue weighted by Crippen LogP contribution is 2.19. The standard InChI is InChI=1S/C16H20N2O5/c1-10-4-5-11(13(19)9-10)15(21)17-7-6-14(20)18-8-2-3-12(18)16(22)23/h4-5,9,12,19H,2-3,6-8H2,1H3,(H,17,21)(H,22,23)/t12-/m1/s1. The Morgan fingerprint density at radius 1 is 1.35 bits per heavy atom. The lowest BCUT2D eigenvalue weighted by atomic mass is 10.1. The molecule has 2 rings (SSSR count). The van der Waals surface area contributed by atoms with Crippen molar-refractivity contribution in [2.24, 2.45) is 0 Å². The van der Waals surface area contributed by atoms with Crippen molar-refractivity contribution >= 4 is 17.8 Å². The van der Waals surface area contributed by atoms with Gasteiger partial charge in [0, 0.05) is 19.5 Å². The molecule has 124 valence electrons. The second-order valence-electron chi connectivity index (χ2n) is 5.61. The number of aryl methyl sites for hydroxylation is 1. The van der Waals surface area contributed by atoms with E-state index in [2.05, 4.69) is 5.32 Å². The van der Waals surface area contributed by atoms with Crippen LogP contribution in [0.1, 0.15) is 35.2 Å². The summed E-state index contributed by atoms with van der Waals surface area (Å²) in [5.74, 6) is -1.86. The number of aromatic hydroxyl groups is 1. The maximum Gasteiger partial charge on any atom is 0.326 e. The number of amides is 2. The minimum Gasteiger partial charge on any atom is -0.507 e. The van der Waals surface area contributed by atoms with Crippen LogP contribution in [0.4, 0.5) is 0 Å². The molecule has 1 heterocycles. The van der Waals surface area contributed by atoms with Crippen molar-refractivity contribution in [2.75, 3.05) is 13.1 Å². The van der Waals surface area contributed by atoms with Crippen molar-refractivity contribution < 1.29 is 24.6 Å². The minimum atomic E-state index is -0.996. The third-order valence-electron chi connectivity index (χ3n) is 3.88. The molecule has 23 heavy (non-hydrogen) atoms. The molecule has 1 fully saturated rings. The van der Waals surface area contributed by atoms with Crippen molar-refractivity contribution in [1.82, 2.24) is 10.2 Å². The van der Waals surface area contributed by atoms with Gasteiger partial charge in [-0.2, -0.15) is 0 Å². The molecule has 1 atom stereocenters. The molecule has 2 amide bonds. The van der Waals surface area contributed by atoms with Gasteiger partial charge in [-0.05, 0) is 37.5 Å². The van der Waals surface area contributed by atoms with Gasteiger partial charge in [0.15, 0.2) is 0 Å². The minimum absolute atomic E-state index is 0.0299. The summed E-state index contributed by atoms with van der Waals surface area (Å²) in [7, 11) is 0. The fraction of sp³-hybridized carbons (Fsp3) is 0.438. The van der Waals surface area contributed by atoms with Crippen LogP contribution in [0.5, 0.6) is 5.75 Å². The lowest BCUT2D eigenvalue weighted by Crippen LogP contribution is -2.41. The fourth-order valence-electron chi connectivity index (χ4n) is 2.68. The molecule has 0 aliphatic carbocycles. The van der Waals surface area contributed by atoms with Crippen LogP contribution in [0.15, 0.2) is 18.2 Å². The number of hydrogen-bond donors (Lipinski definition) is 3. The molecular weight excluding hydrogens is 300 g/mol. The number of nitrogens with one attached hydrogen (secondary N) is 1. The van der Waals surface area contributed by atoms with Crippen LogP contribution >= 0.6 is 0 Å². The normalized spacial score (nSPS) is 17.1. The molecule has 1 aliphatic rings. The van der Waals surface area contributed by atoms with Crippen LogP contribution in [-0.2, 0) is 9.59 Å². The van der Waals surface area contributed by atoms with Crippen LogP contribution < -0.4 is 5.32 Å². The van der Waals surface area contributed by atoms with E-state index < -0.39 is 17.9 Å². The molecule has 1 aliphatic heterocycles. The lowest BCUT2D eigenvalue weighted by Gasteiger charge is -2.21. The molecule has 0 unspecified atom stereocenters. The van der Waals surface area contributed by atoms with Gasteiger partial charge in [-0.25, -0.2) is 4.79 Å². The second kappa shape index (κ2) is 7.13. The van der Waals surface area contributed by atoms with E-state index in [4.69, 9.17) is 5.11 Å². The first-order chi connectivity index (χ1) is 10.9. The van der Waals surface area contributed by atoms with Crippen LogP contribution in [0.3, 0.4) is 0 Å². The third-order valence-corrected chi connectivity index (χ3v) is 3.88. The van der Waals surface area contributed by atoms with E-state index in [0.29, 0.717) is 19.4 Å². The number of likely N-dealkylation sites (tertiary alicyclic amines) is 1. The van der Waals surface area contributed by atoms with E-state index in [-0.39, 0.29) is 30.2 Å². The van der Waals surface area contributed by atoms with Crippen LogP contribution in [-0.4, -0.2) is 52.0 Å². The van der Waals surface area contributed by atoms with Gasteiger partial charge in [0.25, 0.3) is 5.91 Å². The first-order valence-corrected chi connectivity index (χ1v) is 7.50. The zero-order chi connectivity index (χ0) is 17.0. The quantitative estimate of drug-likeness (QED) is 0.747. The SMILES string of the molecule is Cc1ccc(C(=O)NCCC(=O)N2CCC[C@@H]2C(=O)O)c(O)c1. The molecule has 1 aromatic carbocycles. The van der Waals surface area contributed by atoms with Crippen molar-refractivity contribution in [3.63, 3.8) is 0 Å². The van der Waals surface area contributed by atoms with Gasteiger partial charge >= 0.3 is 5.97 Å². The van der Waals surface area contributed by atoms with Crippen molar-refractivity contribution in [3.8, 4) is 5.75 Å². The van der Waals surface area contributed by atoms with E-state index in [1.807, 2.05) is 0 Å². The van der Waals surface area contributed by atoms with Crippen molar-refractivity contribution in [1.29, 1.82) is 0 Å². The molecule has 1 aromatic rings. The van der Waals surface area contributed by atoms with E-state index in [0.717, 1.165) is 5.56 Å². The Labute approximate surface area is 133 Å². The molecule has 7 heteroatoms. The highest BCUT2D eigenvalue weighted by Gasteiger charge is 2.33. The Balaban J connectivity index is 1.85. The number of hydrogen-bond acceptors (Lipinski definition) is 4. The zero-order valence-corrected chi connectivity index (χ0v) is 12.9. The molecular formula is C16H20N2O5. The Hall–Kier alpha value is -2.57. The van der Waals surface area contributed by atoms with Gasteiger partial charge in [-0.15, -0.1) is 0 Å². The van der Waals surface area contributed by atoms with Crippen LogP contribution in [0.25, 0.3) is 0 Å². The molecule has 0 radical (unpaired) electrons. The maximum atomic E-state index is 12.1. The van der Waals surface area contributed by atoms with Gasteiger partial charge in [-0.3, -0.25) is 9.59 Å². The monoisotopic (exact) mass is 320 g/mol. The Morgan fingerprint density at radius 3 is 2.74 bits per heavy atom. The average molecular weight is 320 g/mol. The third kappa shape index (κ3) is 4.00. The summed E-state index contributed by atoms with van der Waals surface area (Å²) < 4.78 is 0. The number of carbonyl (C=O) groups excluding carboxylic acids is 2. The number of rotatable bonds is 5. The van der Waals surface area contributed by atoms with Crippen LogP contribution in [0, 0.1) is 6.92 Å². The van der Waals surface area contributed by atoms with E-state index >= 15 is 0 Å². The topological polar surface area (TPSA) is 107 Å². The fourth-order valence-corrected chi connectivity index (χ4v) is 2.68. The highest BCUT2D eigenvalue weighted by molar-refractivity contribution is 5.97. The predicted octanol–water partition coefficient (Wildman–Crippen LogP) is 0.896. The molecule has 0 aromatic heterocycles. The summed E-state index contributed by atoms with van der Waals surface area (Å²) in [4.78, 5) is 36.4. The first kappa shape index (κ1) is 16.8. The molecule has 1 saturated heterocycles. The Morgan fingerprint density at radius 2 is 2.09 bits per heavy atom. The maximum absolute atomic E-state index is 12.1. The molecule has 0 saturated carbocycles. The number of phenolic OH excluding ortho intramolecular Hbond substituents is 1. The second-order valence-corrected chi connectivity index (χ2v) is 5.61. The van der Waals surface area contributed by atoms with Crippen LogP contribution in [0.2, 0.25) is 0 Å². The number of aliphatic carboxylic acids is 1. The summed E-state index contributed by atoms with van der Waals surface area (Å²) in [6.45, 7) is 2.32. The predicted molar refractivity (Wildman–Crippen MR) is 82.2 cm³/mol. The van der Waals surface area contributed by atoms with Gasteiger partial charge in [0.1, 0.15) is 11.8 Å². The van der Waals surface area contributed by atoms with E-state index in [1.54, 1.807) is 13.0 Å². The molecule has 0 bridgehead atoms. The lowest BCUT2D eigenvalue weighted by molar-refractivity contribution is -0.148. The van der Waals surface area contributed by atoms with Crippen molar-refractivity contribution in [2.45, 2.75) is 32.2 Å². The van der Waals surface area contributed by atoms with Gasteiger partial charge in [0.05, 0.1) is 5.56 Å². The van der Waals surface area contributed by atoms with E-state index in [9.17, 15) is 19.5 Å². The number of carboxylic acids is 1. The zero-order valence-electron chi connectivity index (χ0n) is 12.9. The van der Waals surface area contributed by atoms with Gasteiger partial charge in [0.2, 0.25) is 5.91 Å². The molecule has 3 N–H and O–H groups in total. The summed E-state index contributed by atoms with van der Waals surface area (Å²) in [5, 5.41) is 21.4. The largest absolute Gasteiger partial charge is 0.507 e. The average Bonchev–Trinajstić information content (AvgIpc) is 2.96. The number of nitrogens with zero attached hydrogens (tertiary/aromatic N) is 1. The highest BCUT2D eigenvalue weighted by atomic mass is 16.4. The number of phenols is 1. The van der Waals surface area contributed by atoms with E-state index in [1.165, 1.54) is 17.0 Å². The molecule has 0 spiro atoms. The Bertz CT molecular complexity index is 629.